The van der Waals surface area contributed by atoms with E-state index >= 15 is 0 Å². The summed E-state index contributed by atoms with van der Waals surface area (Å²) in [6, 6.07) is 15.6. The Morgan fingerprint density at radius 1 is 1.13 bits per heavy atom. The topological polar surface area (TPSA) is 89.3 Å². The monoisotopic (exact) mass is 423 g/mol. The average Bonchev–Trinajstić information content (AvgIpc) is 3.51. The molecule has 156 valence electrons. The van der Waals surface area contributed by atoms with Gasteiger partial charge in [-0.15, -0.1) is 8.80 Å². The van der Waals surface area contributed by atoms with Crippen LogP contribution in [-0.2, 0) is 11.2 Å². The fourth-order valence-electron chi connectivity index (χ4n) is 3.40. The number of hydrogen-bond acceptors (Lipinski definition) is 5. The van der Waals surface area contributed by atoms with Crippen molar-refractivity contribution in [2.45, 2.75) is 18.9 Å². The molecule has 1 fully saturated rings. The van der Waals surface area contributed by atoms with Crippen LogP contribution in [0.5, 0.6) is 5.75 Å². The lowest BCUT2D eigenvalue weighted by molar-refractivity contribution is 0.472. The third-order valence-electron chi connectivity index (χ3n) is 5.25. The maximum Gasteiger partial charge on any atom is 0.269 e. The van der Waals surface area contributed by atoms with Crippen molar-refractivity contribution >= 4 is 34.2 Å². The van der Waals surface area contributed by atoms with E-state index in [0.29, 0.717) is 34.5 Å². The molecule has 1 unspecified atom stereocenters. The molecular weight excluding hydrogens is 398 g/mol. The van der Waals surface area contributed by atoms with Gasteiger partial charge in [-0.05, 0) is 36.5 Å². The highest BCUT2D eigenvalue weighted by molar-refractivity contribution is 7.83. The first-order valence-corrected chi connectivity index (χ1v) is 10.9. The quantitative estimate of drug-likeness (QED) is 0.619. The maximum atomic E-state index is 12.1. The minimum atomic E-state index is -1.71. The molecule has 4 rings (SSSR count). The van der Waals surface area contributed by atoms with E-state index in [0.717, 1.165) is 18.4 Å². The zero-order chi connectivity index (χ0) is 21.3. The number of rotatable bonds is 6. The summed E-state index contributed by atoms with van der Waals surface area (Å²) in [4.78, 5) is 1.83. The molecule has 7 nitrogen and oxygen atoms in total. The summed E-state index contributed by atoms with van der Waals surface area (Å²) in [5.41, 5.74) is 2.89. The van der Waals surface area contributed by atoms with Crippen LogP contribution in [0.25, 0.3) is 5.70 Å². The van der Waals surface area contributed by atoms with Gasteiger partial charge in [0.25, 0.3) is 11.2 Å². The SMILES string of the molecule is C=C(c1cccc(NC2=NS(=O)N=C2N[C@@H](c2ccccc2)C2CC2)c1O)N(C)C. The third kappa shape index (κ3) is 4.23. The van der Waals surface area contributed by atoms with Gasteiger partial charge in [0, 0.05) is 25.4 Å². The Morgan fingerprint density at radius 3 is 2.50 bits per heavy atom. The van der Waals surface area contributed by atoms with Gasteiger partial charge in [0.1, 0.15) is 5.75 Å². The molecule has 30 heavy (non-hydrogen) atoms. The highest BCUT2D eigenvalue weighted by Gasteiger charge is 2.34. The number of phenolic OH excluding ortho intramolecular Hbond substituents is 1. The van der Waals surface area contributed by atoms with E-state index in [2.05, 4.69) is 38.1 Å². The second-order valence-corrected chi connectivity index (χ2v) is 8.48. The van der Waals surface area contributed by atoms with Crippen molar-refractivity contribution in [3.05, 3.63) is 66.2 Å². The molecule has 0 saturated heterocycles. The Kier molecular flexibility index (Phi) is 5.59. The highest BCUT2D eigenvalue weighted by atomic mass is 32.2. The fraction of sp³-hybridized carbons (Fsp3) is 0.273. The minimum absolute atomic E-state index is 0.0535. The van der Waals surface area contributed by atoms with Crippen LogP contribution < -0.4 is 10.6 Å². The highest BCUT2D eigenvalue weighted by Crippen LogP contribution is 2.41. The van der Waals surface area contributed by atoms with Crippen LogP contribution in [0.2, 0.25) is 0 Å². The third-order valence-corrected chi connectivity index (χ3v) is 5.92. The van der Waals surface area contributed by atoms with Gasteiger partial charge in [0.15, 0.2) is 11.7 Å². The smallest absolute Gasteiger partial charge is 0.269 e. The van der Waals surface area contributed by atoms with Crippen molar-refractivity contribution < 1.29 is 9.32 Å². The zero-order valence-corrected chi connectivity index (χ0v) is 17.8. The van der Waals surface area contributed by atoms with Crippen LogP contribution in [0.15, 0.2) is 63.9 Å². The molecular formula is C22H25N5O2S. The molecule has 1 aliphatic heterocycles. The maximum absolute atomic E-state index is 12.1. The number of nitrogens with one attached hydrogen (secondary N) is 2. The van der Waals surface area contributed by atoms with Crippen molar-refractivity contribution in [1.29, 1.82) is 0 Å². The van der Waals surface area contributed by atoms with Gasteiger partial charge in [-0.2, -0.15) is 0 Å². The van der Waals surface area contributed by atoms with E-state index in [1.165, 1.54) is 0 Å². The van der Waals surface area contributed by atoms with Crippen molar-refractivity contribution in [2.75, 3.05) is 19.4 Å². The fourth-order valence-corrected chi connectivity index (χ4v) is 4.02. The molecule has 2 aromatic rings. The van der Waals surface area contributed by atoms with Crippen LogP contribution in [-0.4, -0.2) is 40.0 Å². The van der Waals surface area contributed by atoms with E-state index < -0.39 is 11.2 Å². The number of nitrogens with zero attached hydrogens (tertiary/aromatic N) is 3. The normalized spacial score (nSPS) is 18.9. The van der Waals surface area contributed by atoms with E-state index in [1.54, 1.807) is 12.1 Å². The first-order chi connectivity index (χ1) is 14.4. The average molecular weight is 424 g/mol. The Hall–Kier alpha value is -3.13. The largest absolute Gasteiger partial charge is 0.505 e. The molecule has 0 aromatic heterocycles. The molecule has 0 radical (unpaired) electrons. The minimum Gasteiger partial charge on any atom is -0.505 e. The number of hydrogen-bond donors (Lipinski definition) is 3. The van der Waals surface area contributed by atoms with E-state index in [4.69, 9.17) is 0 Å². The number of aromatic hydroxyl groups is 1. The molecule has 2 atom stereocenters. The van der Waals surface area contributed by atoms with Gasteiger partial charge in [0.05, 0.1) is 11.7 Å². The van der Waals surface area contributed by atoms with Crippen LogP contribution in [0.3, 0.4) is 0 Å². The second-order valence-electron chi connectivity index (χ2n) is 7.65. The number of benzene rings is 2. The van der Waals surface area contributed by atoms with Crippen molar-refractivity contribution in [3.8, 4) is 5.75 Å². The number of anilines is 1. The summed E-state index contributed by atoms with van der Waals surface area (Å²) >= 11 is -1.71. The summed E-state index contributed by atoms with van der Waals surface area (Å²) in [5, 5.41) is 17.3. The van der Waals surface area contributed by atoms with Gasteiger partial charge < -0.3 is 20.6 Å². The van der Waals surface area contributed by atoms with Gasteiger partial charge in [-0.1, -0.05) is 43.0 Å². The molecule has 0 bridgehead atoms. The predicted molar refractivity (Wildman–Crippen MR) is 123 cm³/mol. The molecule has 1 saturated carbocycles. The molecule has 8 heteroatoms. The lowest BCUT2D eigenvalue weighted by atomic mass is 10.0. The Morgan fingerprint density at radius 2 is 1.83 bits per heavy atom. The van der Waals surface area contributed by atoms with Crippen LogP contribution in [0.4, 0.5) is 5.69 Å². The van der Waals surface area contributed by atoms with Crippen molar-refractivity contribution in [2.24, 2.45) is 14.7 Å². The molecule has 1 heterocycles. The number of phenols is 1. The summed E-state index contributed by atoms with van der Waals surface area (Å²) in [6.45, 7) is 4.01. The summed E-state index contributed by atoms with van der Waals surface area (Å²) in [6.07, 6.45) is 2.27. The summed E-state index contributed by atoms with van der Waals surface area (Å²) in [7, 11) is 3.73. The van der Waals surface area contributed by atoms with E-state index in [1.807, 2.05) is 43.3 Å². The lowest BCUT2D eigenvalue weighted by Crippen LogP contribution is -2.37. The van der Waals surface area contributed by atoms with E-state index in [9.17, 15) is 9.32 Å². The van der Waals surface area contributed by atoms with Crippen LogP contribution in [0.1, 0.15) is 30.0 Å². The first-order valence-electron chi connectivity index (χ1n) is 9.81. The van der Waals surface area contributed by atoms with Gasteiger partial charge in [-0.3, -0.25) is 0 Å². The van der Waals surface area contributed by atoms with Crippen LogP contribution >= 0.6 is 0 Å². The zero-order valence-electron chi connectivity index (χ0n) is 17.0. The molecule has 2 aromatic carbocycles. The van der Waals surface area contributed by atoms with Crippen LogP contribution in [0, 0.1) is 5.92 Å². The molecule has 0 amide bonds. The Bertz CT molecular complexity index is 1040. The van der Waals surface area contributed by atoms with Gasteiger partial charge >= 0.3 is 0 Å². The first kappa shape index (κ1) is 20.2. The summed E-state index contributed by atoms with van der Waals surface area (Å²) < 4.78 is 20.4. The lowest BCUT2D eigenvalue weighted by Gasteiger charge is -2.21. The Labute approximate surface area is 179 Å². The van der Waals surface area contributed by atoms with Gasteiger partial charge in [0.2, 0.25) is 0 Å². The summed E-state index contributed by atoms with van der Waals surface area (Å²) in [5.74, 6) is 1.34. The number of para-hydroxylation sites is 1. The number of amidine groups is 2. The second kappa shape index (κ2) is 8.31. The predicted octanol–water partition coefficient (Wildman–Crippen LogP) is 3.47. The molecule has 1 aliphatic carbocycles. The Balaban J connectivity index is 1.57. The standard InChI is InChI=1S/C22H25N5O2S/c1-14(27(2)3)17-10-7-11-18(20(17)28)23-21-22(26-30(29)25-21)24-19(16-12-13-16)15-8-5-4-6-9-15/h4-11,16,19,28H,1,12-13H2,2-3H3,(H,23,25)(H,24,26)/t19-,30?/m0/s1. The van der Waals surface area contributed by atoms with E-state index in [-0.39, 0.29) is 11.8 Å². The van der Waals surface area contributed by atoms with Crippen molar-refractivity contribution in [3.63, 3.8) is 0 Å². The molecule has 3 N–H and O–H groups in total. The van der Waals surface area contributed by atoms with Crippen molar-refractivity contribution in [1.82, 2.24) is 10.2 Å². The molecule has 2 aliphatic rings. The molecule has 0 spiro atoms. The van der Waals surface area contributed by atoms with Gasteiger partial charge in [-0.25, -0.2) is 4.21 Å².